The maximum atomic E-state index is 6.45. The number of ether oxygens (including phenoxy) is 1. The molecular formula is C27H26ClN3O. The van der Waals surface area contributed by atoms with E-state index < -0.39 is 0 Å². The van der Waals surface area contributed by atoms with Crippen LogP contribution in [-0.2, 0) is 6.54 Å². The van der Waals surface area contributed by atoms with E-state index in [9.17, 15) is 0 Å². The smallest absolute Gasteiger partial charge is 0.244 e. The Kier molecular flexibility index (Phi) is 5.90. The molecule has 0 spiro atoms. The number of aromatic nitrogens is 3. The van der Waals surface area contributed by atoms with Crippen molar-refractivity contribution in [2.24, 2.45) is 0 Å². The molecule has 162 valence electrons. The van der Waals surface area contributed by atoms with Gasteiger partial charge in [0.1, 0.15) is 11.3 Å². The summed E-state index contributed by atoms with van der Waals surface area (Å²) < 4.78 is 8.79. The maximum absolute atomic E-state index is 6.45. The van der Waals surface area contributed by atoms with Gasteiger partial charge in [0.05, 0.1) is 0 Å². The number of halogens is 1. The van der Waals surface area contributed by atoms with Gasteiger partial charge < -0.3 is 9.30 Å². The van der Waals surface area contributed by atoms with E-state index in [1.165, 1.54) is 33.3 Å². The van der Waals surface area contributed by atoms with Crippen LogP contribution in [0.15, 0.2) is 67.1 Å². The summed E-state index contributed by atoms with van der Waals surface area (Å²) in [5, 5.41) is 3.25. The molecule has 0 unspecified atom stereocenters. The molecule has 0 atom stereocenters. The van der Waals surface area contributed by atoms with Crippen molar-refractivity contribution in [3.8, 4) is 11.6 Å². The molecule has 0 aliphatic heterocycles. The molecule has 5 aromatic rings. The number of pyridine rings is 2. The Morgan fingerprint density at radius 1 is 0.844 bits per heavy atom. The summed E-state index contributed by atoms with van der Waals surface area (Å²) in [4.78, 5) is 8.88. The van der Waals surface area contributed by atoms with E-state index in [4.69, 9.17) is 4.74 Å². The van der Waals surface area contributed by atoms with Crippen LogP contribution in [0.25, 0.3) is 21.7 Å². The van der Waals surface area contributed by atoms with Crippen molar-refractivity contribution in [2.75, 3.05) is 0 Å². The van der Waals surface area contributed by atoms with Gasteiger partial charge in [-0.15, -0.1) is 12.4 Å². The molecule has 5 rings (SSSR count). The fourth-order valence-corrected chi connectivity index (χ4v) is 4.38. The first-order valence-electron chi connectivity index (χ1n) is 10.5. The molecule has 0 N–H and O–H groups in total. The third-order valence-corrected chi connectivity index (χ3v) is 6.32. The topological polar surface area (TPSA) is 39.9 Å². The number of benzene rings is 2. The number of aryl methyl sites for hydroxylation is 3. The maximum Gasteiger partial charge on any atom is 0.244 e. The second-order valence-corrected chi connectivity index (χ2v) is 8.13. The van der Waals surface area contributed by atoms with Crippen LogP contribution in [0.2, 0.25) is 0 Å². The Hall–Kier alpha value is -3.37. The zero-order chi connectivity index (χ0) is 21.5. The van der Waals surface area contributed by atoms with Crippen LogP contribution in [0.5, 0.6) is 11.6 Å². The number of nitrogens with zero attached hydrogens (tertiary/aromatic N) is 3. The second-order valence-electron chi connectivity index (χ2n) is 8.13. The number of fused-ring (bicyclic) bond motifs is 2. The highest BCUT2D eigenvalue weighted by molar-refractivity contribution is 5.91. The molecular weight excluding hydrogens is 418 g/mol. The lowest BCUT2D eigenvalue weighted by Gasteiger charge is -2.15. The molecule has 32 heavy (non-hydrogen) atoms. The largest absolute Gasteiger partial charge is 0.436 e. The third kappa shape index (κ3) is 3.61. The van der Waals surface area contributed by atoms with Crippen LogP contribution in [0.1, 0.15) is 27.9 Å². The molecule has 5 heteroatoms. The van der Waals surface area contributed by atoms with Gasteiger partial charge in [0.2, 0.25) is 5.88 Å². The van der Waals surface area contributed by atoms with Gasteiger partial charge >= 0.3 is 0 Å². The Morgan fingerprint density at radius 2 is 1.56 bits per heavy atom. The molecule has 0 amide bonds. The zero-order valence-corrected chi connectivity index (χ0v) is 19.5. The Morgan fingerprint density at radius 3 is 2.34 bits per heavy atom. The molecule has 0 aliphatic carbocycles. The van der Waals surface area contributed by atoms with Gasteiger partial charge in [-0.05, 0) is 68.1 Å². The highest BCUT2D eigenvalue weighted by Crippen LogP contribution is 2.36. The lowest BCUT2D eigenvalue weighted by Crippen LogP contribution is -2.06. The average Bonchev–Trinajstić information content (AvgIpc) is 3.02. The molecule has 0 saturated heterocycles. The zero-order valence-electron chi connectivity index (χ0n) is 18.7. The van der Waals surface area contributed by atoms with Crippen LogP contribution < -0.4 is 4.74 Å². The summed E-state index contributed by atoms with van der Waals surface area (Å²) in [6, 6.07) is 16.6. The van der Waals surface area contributed by atoms with E-state index in [1.54, 1.807) is 6.20 Å². The van der Waals surface area contributed by atoms with Gasteiger partial charge in [-0.2, -0.15) is 0 Å². The minimum atomic E-state index is 0. The standard InChI is InChI=1S/C27H25N3O.ClH/c1-17-7-5-8-18(2)24(17)16-30-20(4)19(3)22-12-14-29-27(26(22)30)31-25-10-6-9-21-15-28-13-11-23(21)25;/h5-15H,16H2,1-4H3;1H. The fourth-order valence-electron chi connectivity index (χ4n) is 4.38. The SMILES string of the molecule is Cc1cccc(C)c1Cn1c(C)c(C)c2ccnc(Oc3cccc4cnccc34)c21.Cl. The molecule has 0 bridgehead atoms. The monoisotopic (exact) mass is 443 g/mol. The van der Waals surface area contributed by atoms with Crippen LogP contribution >= 0.6 is 12.4 Å². The van der Waals surface area contributed by atoms with Gasteiger partial charge in [0.15, 0.2) is 0 Å². The van der Waals surface area contributed by atoms with Gasteiger partial charge in [0.25, 0.3) is 0 Å². The van der Waals surface area contributed by atoms with Crippen LogP contribution in [0.4, 0.5) is 0 Å². The summed E-state index contributed by atoms with van der Waals surface area (Å²) in [6.07, 6.45) is 5.48. The summed E-state index contributed by atoms with van der Waals surface area (Å²) in [5.41, 5.74) is 7.46. The summed E-state index contributed by atoms with van der Waals surface area (Å²) in [5.74, 6) is 1.42. The first-order valence-corrected chi connectivity index (χ1v) is 10.5. The van der Waals surface area contributed by atoms with Crippen molar-refractivity contribution in [3.63, 3.8) is 0 Å². The quantitative estimate of drug-likeness (QED) is 0.298. The Labute approximate surface area is 194 Å². The minimum Gasteiger partial charge on any atom is -0.436 e. The summed E-state index contributed by atoms with van der Waals surface area (Å²) in [7, 11) is 0. The number of hydrogen-bond acceptors (Lipinski definition) is 3. The van der Waals surface area contributed by atoms with Crippen molar-refractivity contribution in [1.82, 2.24) is 14.5 Å². The minimum absolute atomic E-state index is 0. The van der Waals surface area contributed by atoms with E-state index in [0.29, 0.717) is 5.88 Å². The average molecular weight is 444 g/mol. The molecule has 0 aliphatic rings. The van der Waals surface area contributed by atoms with Gasteiger partial charge in [-0.1, -0.05) is 30.3 Å². The first-order chi connectivity index (χ1) is 15.0. The van der Waals surface area contributed by atoms with Gasteiger partial charge in [0, 0.05) is 47.0 Å². The van der Waals surface area contributed by atoms with E-state index in [2.05, 4.69) is 66.5 Å². The molecule has 0 fully saturated rings. The fraction of sp³-hybridized carbons (Fsp3) is 0.185. The van der Waals surface area contributed by atoms with E-state index in [0.717, 1.165) is 28.6 Å². The van der Waals surface area contributed by atoms with Crippen molar-refractivity contribution < 1.29 is 4.74 Å². The second kappa shape index (κ2) is 8.64. The number of hydrogen-bond donors (Lipinski definition) is 0. The molecule has 3 aromatic heterocycles. The van der Waals surface area contributed by atoms with Crippen molar-refractivity contribution in [3.05, 3.63) is 95.1 Å². The normalized spacial score (nSPS) is 11.0. The van der Waals surface area contributed by atoms with E-state index in [1.807, 2.05) is 36.7 Å². The Balaban J connectivity index is 0.00000245. The Bertz CT molecular complexity index is 1410. The van der Waals surface area contributed by atoms with Crippen molar-refractivity contribution in [2.45, 2.75) is 34.2 Å². The van der Waals surface area contributed by atoms with Crippen LogP contribution in [-0.4, -0.2) is 14.5 Å². The van der Waals surface area contributed by atoms with Crippen molar-refractivity contribution in [1.29, 1.82) is 0 Å². The third-order valence-electron chi connectivity index (χ3n) is 6.32. The van der Waals surface area contributed by atoms with E-state index >= 15 is 0 Å². The lowest BCUT2D eigenvalue weighted by molar-refractivity contribution is 0.471. The van der Waals surface area contributed by atoms with Gasteiger partial charge in [-0.25, -0.2) is 4.98 Å². The van der Waals surface area contributed by atoms with E-state index in [-0.39, 0.29) is 12.4 Å². The molecule has 0 radical (unpaired) electrons. The van der Waals surface area contributed by atoms with Gasteiger partial charge in [-0.3, -0.25) is 4.98 Å². The number of rotatable bonds is 4. The predicted octanol–water partition coefficient (Wildman–Crippen LogP) is 7.08. The molecule has 4 nitrogen and oxygen atoms in total. The van der Waals surface area contributed by atoms with Crippen LogP contribution in [0, 0.1) is 27.7 Å². The highest BCUT2D eigenvalue weighted by Gasteiger charge is 2.18. The molecule has 3 heterocycles. The lowest BCUT2D eigenvalue weighted by atomic mass is 10.0. The first kappa shape index (κ1) is 21.8. The molecule has 2 aromatic carbocycles. The van der Waals surface area contributed by atoms with Crippen molar-refractivity contribution >= 4 is 34.1 Å². The summed E-state index contributed by atoms with van der Waals surface area (Å²) >= 11 is 0. The molecule has 0 saturated carbocycles. The highest BCUT2D eigenvalue weighted by atomic mass is 35.5. The summed E-state index contributed by atoms with van der Waals surface area (Å²) in [6.45, 7) is 9.49. The predicted molar refractivity (Wildman–Crippen MR) is 133 cm³/mol. The van der Waals surface area contributed by atoms with Crippen LogP contribution in [0.3, 0.4) is 0 Å².